The highest BCUT2D eigenvalue weighted by atomic mass is 35.5. The molecule has 0 amide bonds. The topological polar surface area (TPSA) is 168 Å². The van der Waals surface area contributed by atoms with Gasteiger partial charge in [0, 0.05) is 0 Å². The van der Waals surface area contributed by atoms with E-state index in [4.69, 9.17) is 58.5 Å². The smallest absolute Gasteiger partial charge is 0.229 e. The maximum Gasteiger partial charge on any atom is 0.229 e. The summed E-state index contributed by atoms with van der Waals surface area (Å²) in [6, 6.07) is 0. The third-order valence-electron chi connectivity index (χ3n) is 5.44. The molecule has 3 rings (SSSR count). The van der Waals surface area contributed by atoms with E-state index in [0.29, 0.717) is 5.56 Å². The molecule has 6 N–H and O–H groups in total. The van der Waals surface area contributed by atoms with Crippen LogP contribution in [0.2, 0.25) is 15.1 Å². The largest absolute Gasteiger partial charge is 0.493 e. The summed E-state index contributed by atoms with van der Waals surface area (Å²) in [4.78, 5) is 0. The molecular formula is C19H25Cl3O11. The van der Waals surface area contributed by atoms with Crippen LogP contribution in [0.25, 0.3) is 0 Å². The lowest BCUT2D eigenvalue weighted by molar-refractivity contribution is -0.307. The second kappa shape index (κ2) is 10.9. The molecule has 0 aromatic heterocycles. The predicted octanol–water partition coefficient (Wildman–Crippen LogP) is -0.394. The molecule has 0 bridgehead atoms. The van der Waals surface area contributed by atoms with Crippen molar-refractivity contribution in [1.82, 2.24) is 0 Å². The number of ether oxygens (including phenoxy) is 5. The van der Waals surface area contributed by atoms with E-state index in [1.807, 2.05) is 0 Å². The van der Waals surface area contributed by atoms with Gasteiger partial charge in [0.2, 0.25) is 6.29 Å². The lowest BCUT2D eigenvalue weighted by atomic mass is 9.99. The second-order valence-corrected chi connectivity index (χ2v) is 8.78. The van der Waals surface area contributed by atoms with Gasteiger partial charge in [-0.05, 0) is 12.5 Å². The molecule has 11 nitrogen and oxygen atoms in total. The standard InChI is InChI=1S/C19H25Cl3O11/c1-5-8(20)16(29-2)10(22)17(9(5)21)33-19-15(28)13(26)12(25)7(32-19)4-31-18-14(27)11(24)6(23)3-30-18/h6-7,11-15,18-19,23-28H,3-4H2,1-2H3. The Morgan fingerprint density at radius 1 is 0.818 bits per heavy atom. The lowest BCUT2D eigenvalue weighted by Crippen LogP contribution is -2.61. The Bertz CT molecular complexity index is 844. The van der Waals surface area contributed by atoms with Gasteiger partial charge in [-0.2, -0.15) is 0 Å². The summed E-state index contributed by atoms with van der Waals surface area (Å²) in [7, 11) is 1.33. The van der Waals surface area contributed by atoms with Crippen molar-refractivity contribution in [3.05, 3.63) is 20.6 Å². The number of benzene rings is 1. The maximum absolute atomic E-state index is 10.4. The maximum atomic E-state index is 10.4. The predicted molar refractivity (Wildman–Crippen MR) is 114 cm³/mol. The molecule has 188 valence electrons. The number of hydrogen-bond donors (Lipinski definition) is 6. The Morgan fingerprint density at radius 3 is 2.06 bits per heavy atom. The number of rotatable bonds is 6. The molecule has 33 heavy (non-hydrogen) atoms. The number of aliphatic hydroxyl groups excluding tert-OH is 6. The number of methoxy groups -OCH3 is 1. The van der Waals surface area contributed by atoms with E-state index in [-0.39, 0.29) is 33.2 Å². The van der Waals surface area contributed by atoms with Crippen molar-refractivity contribution in [3.63, 3.8) is 0 Å². The molecular weight excluding hydrogens is 511 g/mol. The van der Waals surface area contributed by atoms with Crippen LogP contribution >= 0.6 is 34.8 Å². The van der Waals surface area contributed by atoms with Crippen molar-refractivity contribution in [2.24, 2.45) is 0 Å². The van der Waals surface area contributed by atoms with Crippen LogP contribution in [0.1, 0.15) is 5.56 Å². The molecule has 9 unspecified atom stereocenters. The Labute approximate surface area is 203 Å². The molecule has 9 atom stereocenters. The van der Waals surface area contributed by atoms with Crippen LogP contribution in [-0.2, 0) is 14.2 Å². The van der Waals surface area contributed by atoms with E-state index in [9.17, 15) is 30.6 Å². The average molecular weight is 536 g/mol. The summed E-state index contributed by atoms with van der Waals surface area (Å²) >= 11 is 18.8. The number of hydrogen-bond acceptors (Lipinski definition) is 11. The Morgan fingerprint density at radius 2 is 1.42 bits per heavy atom. The normalized spacial score (nSPS) is 37.1. The molecule has 1 aromatic carbocycles. The van der Waals surface area contributed by atoms with Crippen molar-refractivity contribution in [2.75, 3.05) is 20.3 Å². The third-order valence-corrected chi connectivity index (χ3v) is 6.70. The van der Waals surface area contributed by atoms with Gasteiger partial charge >= 0.3 is 0 Å². The summed E-state index contributed by atoms with van der Waals surface area (Å²) in [6.07, 6.45) is -13.5. The van der Waals surface area contributed by atoms with E-state index in [0.717, 1.165) is 0 Å². The van der Waals surface area contributed by atoms with Gasteiger partial charge in [-0.3, -0.25) is 0 Å². The van der Waals surface area contributed by atoms with Crippen LogP contribution in [-0.4, -0.2) is 106 Å². The minimum absolute atomic E-state index is 0.0151. The zero-order valence-electron chi connectivity index (χ0n) is 17.5. The molecule has 2 saturated heterocycles. The first kappa shape index (κ1) is 26.9. The van der Waals surface area contributed by atoms with Crippen molar-refractivity contribution < 1.29 is 54.3 Å². The molecule has 2 aliphatic heterocycles. The number of halogens is 3. The first-order valence-electron chi connectivity index (χ1n) is 9.84. The lowest BCUT2D eigenvalue weighted by Gasteiger charge is -2.41. The van der Waals surface area contributed by atoms with E-state index in [1.165, 1.54) is 7.11 Å². The second-order valence-electron chi connectivity index (χ2n) is 7.65. The average Bonchev–Trinajstić information content (AvgIpc) is 2.79. The summed E-state index contributed by atoms with van der Waals surface area (Å²) in [5.41, 5.74) is 0.379. The van der Waals surface area contributed by atoms with Gasteiger partial charge in [-0.1, -0.05) is 34.8 Å². The summed E-state index contributed by atoms with van der Waals surface area (Å²) < 4.78 is 26.9. The first-order chi connectivity index (χ1) is 15.5. The van der Waals surface area contributed by atoms with Crippen LogP contribution in [0.5, 0.6) is 11.5 Å². The van der Waals surface area contributed by atoms with Crippen LogP contribution in [0.15, 0.2) is 0 Å². The van der Waals surface area contributed by atoms with Crippen LogP contribution < -0.4 is 9.47 Å². The van der Waals surface area contributed by atoms with E-state index in [1.54, 1.807) is 6.92 Å². The zero-order chi connectivity index (χ0) is 24.6. The third kappa shape index (κ3) is 5.30. The summed E-state index contributed by atoms with van der Waals surface area (Å²) in [6.45, 7) is 0.850. The van der Waals surface area contributed by atoms with Crippen LogP contribution in [0, 0.1) is 6.92 Å². The first-order valence-corrected chi connectivity index (χ1v) is 11.0. The molecule has 0 spiro atoms. The Balaban J connectivity index is 1.76. The highest BCUT2D eigenvalue weighted by molar-refractivity contribution is 6.43. The van der Waals surface area contributed by atoms with Crippen LogP contribution in [0.4, 0.5) is 0 Å². The molecule has 2 heterocycles. The quantitative estimate of drug-likeness (QED) is 0.281. The molecule has 1 aromatic rings. The van der Waals surface area contributed by atoms with Crippen molar-refractivity contribution >= 4 is 34.8 Å². The molecule has 14 heteroatoms. The van der Waals surface area contributed by atoms with Crippen molar-refractivity contribution in [1.29, 1.82) is 0 Å². The zero-order valence-corrected chi connectivity index (χ0v) is 19.7. The minimum atomic E-state index is -1.71. The van der Waals surface area contributed by atoms with E-state index < -0.39 is 61.9 Å². The Kier molecular flexibility index (Phi) is 8.93. The van der Waals surface area contributed by atoms with Crippen molar-refractivity contribution in [2.45, 2.75) is 62.2 Å². The Hall–Kier alpha value is -0.670. The molecule has 0 aliphatic carbocycles. The van der Waals surface area contributed by atoms with E-state index >= 15 is 0 Å². The molecule has 0 radical (unpaired) electrons. The van der Waals surface area contributed by atoms with Crippen LogP contribution in [0.3, 0.4) is 0 Å². The van der Waals surface area contributed by atoms with Gasteiger partial charge in [-0.15, -0.1) is 0 Å². The van der Waals surface area contributed by atoms with Gasteiger partial charge in [0.1, 0.15) is 47.8 Å². The summed E-state index contributed by atoms with van der Waals surface area (Å²) in [5, 5.41) is 60.3. The van der Waals surface area contributed by atoms with E-state index in [2.05, 4.69) is 0 Å². The molecule has 0 saturated carbocycles. The number of aliphatic hydroxyl groups is 6. The van der Waals surface area contributed by atoms with Gasteiger partial charge in [0.05, 0.1) is 30.4 Å². The van der Waals surface area contributed by atoms with Gasteiger partial charge in [0.25, 0.3) is 0 Å². The monoisotopic (exact) mass is 534 g/mol. The molecule has 2 fully saturated rings. The SMILES string of the molecule is COc1c(Cl)c(C)c(Cl)c(OC2OC(COC3OCC(O)C(O)C3O)C(O)C(O)C2O)c1Cl. The molecule has 2 aliphatic rings. The van der Waals surface area contributed by atoms with Gasteiger partial charge in [0.15, 0.2) is 17.8 Å². The van der Waals surface area contributed by atoms with Gasteiger partial charge in [-0.25, -0.2) is 0 Å². The fourth-order valence-electron chi connectivity index (χ4n) is 3.40. The van der Waals surface area contributed by atoms with Crippen molar-refractivity contribution in [3.8, 4) is 11.5 Å². The fourth-order valence-corrected chi connectivity index (χ4v) is 4.35. The fraction of sp³-hybridized carbons (Fsp3) is 0.684. The highest BCUT2D eigenvalue weighted by Crippen LogP contribution is 2.48. The van der Waals surface area contributed by atoms with Gasteiger partial charge < -0.3 is 54.3 Å². The summed E-state index contributed by atoms with van der Waals surface area (Å²) in [5.74, 6) is -0.0577. The minimum Gasteiger partial charge on any atom is -0.493 e. The highest BCUT2D eigenvalue weighted by Gasteiger charge is 2.47.